The molecule has 3 rings (SSSR count). The number of allylic oxidation sites excluding steroid dienone is 2. The summed E-state index contributed by atoms with van der Waals surface area (Å²) in [6.07, 6.45) is 0. The van der Waals surface area contributed by atoms with E-state index in [4.69, 9.17) is 9.47 Å². The number of hydrogen-bond donors (Lipinski definition) is 0. The van der Waals surface area contributed by atoms with Crippen LogP contribution in [0.25, 0.3) is 0 Å². The quantitative estimate of drug-likeness (QED) is 0.730. The fourth-order valence-electron chi connectivity index (χ4n) is 2.90. The minimum absolute atomic E-state index is 0. The highest BCUT2D eigenvalue weighted by molar-refractivity contribution is 8.16. The lowest BCUT2D eigenvalue weighted by atomic mass is 9.94. The maximum absolute atomic E-state index is 12.6. The smallest absolute Gasteiger partial charge is 0.338 e. The van der Waals surface area contributed by atoms with Gasteiger partial charge in [0.15, 0.2) is 5.17 Å². The molecule has 134 valence electrons. The van der Waals surface area contributed by atoms with Crippen LogP contribution in [0.5, 0.6) is 5.75 Å². The average molecular weight is 381 g/mol. The summed E-state index contributed by atoms with van der Waals surface area (Å²) in [4.78, 5) is 19.3. The summed E-state index contributed by atoms with van der Waals surface area (Å²) in [6, 6.07) is 7.53. The van der Waals surface area contributed by atoms with Crippen LogP contribution in [-0.2, 0) is 9.53 Å². The van der Waals surface area contributed by atoms with Crippen LogP contribution < -0.4 is 4.74 Å². The molecular formula is C18H21ClN2O3S. The number of carbonyl (C=O) groups is 1. The molecule has 25 heavy (non-hydrogen) atoms. The maximum Gasteiger partial charge on any atom is 0.338 e. The first-order valence-electron chi connectivity index (χ1n) is 7.80. The van der Waals surface area contributed by atoms with Gasteiger partial charge >= 0.3 is 5.97 Å². The molecule has 1 aromatic carbocycles. The number of amidine groups is 1. The van der Waals surface area contributed by atoms with Crippen molar-refractivity contribution in [3.8, 4) is 5.75 Å². The second kappa shape index (κ2) is 7.97. The van der Waals surface area contributed by atoms with E-state index in [9.17, 15) is 4.79 Å². The van der Waals surface area contributed by atoms with Gasteiger partial charge in [0.25, 0.3) is 0 Å². The number of aliphatic imine (C=N–C) groups is 1. The Bertz CT molecular complexity index is 756. The van der Waals surface area contributed by atoms with Crippen LogP contribution in [0, 0.1) is 0 Å². The Morgan fingerprint density at radius 3 is 2.56 bits per heavy atom. The fraction of sp³-hybridized carbons (Fsp3) is 0.333. The summed E-state index contributed by atoms with van der Waals surface area (Å²) < 4.78 is 10.5. The van der Waals surface area contributed by atoms with E-state index < -0.39 is 0 Å². The normalized spacial score (nSPS) is 18.9. The number of hydrogen-bond acceptors (Lipinski definition) is 6. The van der Waals surface area contributed by atoms with Crippen molar-refractivity contribution in [3.05, 3.63) is 52.2 Å². The summed E-state index contributed by atoms with van der Waals surface area (Å²) in [7, 11) is 1.64. The number of halogens is 1. The molecule has 0 aromatic heterocycles. The van der Waals surface area contributed by atoms with Crippen molar-refractivity contribution in [1.82, 2.24) is 4.90 Å². The van der Waals surface area contributed by atoms with Gasteiger partial charge in [0.1, 0.15) is 5.75 Å². The Morgan fingerprint density at radius 1 is 1.28 bits per heavy atom. The van der Waals surface area contributed by atoms with Gasteiger partial charge in [0.2, 0.25) is 0 Å². The van der Waals surface area contributed by atoms with Crippen LogP contribution in [-0.4, -0.2) is 29.8 Å². The zero-order valence-electron chi connectivity index (χ0n) is 14.6. The lowest BCUT2D eigenvalue weighted by Gasteiger charge is -2.35. The second-order valence-electron chi connectivity index (χ2n) is 5.54. The number of benzene rings is 1. The Hall–Kier alpha value is -1.92. The molecular weight excluding hydrogens is 360 g/mol. The van der Waals surface area contributed by atoms with Crippen molar-refractivity contribution < 1.29 is 14.3 Å². The summed E-state index contributed by atoms with van der Waals surface area (Å²) in [6.45, 7) is 6.03. The number of ether oxygens (including phenoxy) is 2. The Morgan fingerprint density at radius 2 is 1.96 bits per heavy atom. The summed E-state index contributed by atoms with van der Waals surface area (Å²) in [5.74, 6) is 0.466. The average Bonchev–Trinajstić information content (AvgIpc) is 2.94. The van der Waals surface area contributed by atoms with E-state index in [0.29, 0.717) is 17.9 Å². The van der Waals surface area contributed by atoms with Crippen molar-refractivity contribution in [2.24, 2.45) is 4.99 Å². The summed E-state index contributed by atoms with van der Waals surface area (Å²) >= 11 is 1.57. The molecule has 0 saturated carbocycles. The first kappa shape index (κ1) is 19.4. The minimum atomic E-state index is -0.316. The van der Waals surface area contributed by atoms with Crippen molar-refractivity contribution in [2.45, 2.75) is 26.8 Å². The molecule has 1 aromatic rings. The molecule has 2 heterocycles. The van der Waals surface area contributed by atoms with Gasteiger partial charge in [-0.2, -0.15) is 0 Å². The third kappa shape index (κ3) is 3.55. The molecule has 7 heteroatoms. The molecule has 0 N–H and O–H groups in total. The highest BCUT2D eigenvalue weighted by Gasteiger charge is 2.39. The van der Waals surface area contributed by atoms with Crippen molar-refractivity contribution in [2.75, 3.05) is 13.7 Å². The van der Waals surface area contributed by atoms with Crippen LogP contribution in [0.3, 0.4) is 0 Å². The fourth-order valence-corrected chi connectivity index (χ4v) is 3.84. The van der Waals surface area contributed by atoms with E-state index in [2.05, 4.69) is 15.3 Å². The SMILES string of the molecule is CCOC(=O)C1=C(C)N=C2SC=C(C)N2C1c1ccc(OC)cc1.Cl. The van der Waals surface area contributed by atoms with E-state index >= 15 is 0 Å². The topological polar surface area (TPSA) is 51.1 Å². The highest BCUT2D eigenvalue weighted by Crippen LogP contribution is 2.43. The van der Waals surface area contributed by atoms with Crippen LogP contribution in [0.2, 0.25) is 0 Å². The van der Waals surface area contributed by atoms with Crippen molar-refractivity contribution in [1.29, 1.82) is 0 Å². The summed E-state index contributed by atoms with van der Waals surface area (Å²) in [5, 5.41) is 2.94. The minimum Gasteiger partial charge on any atom is -0.497 e. The number of esters is 1. The van der Waals surface area contributed by atoms with E-state index in [1.54, 1.807) is 18.9 Å². The third-order valence-corrected chi connectivity index (χ3v) is 4.99. The van der Waals surface area contributed by atoms with Crippen LogP contribution in [0.4, 0.5) is 0 Å². The molecule has 1 atom stereocenters. The molecule has 0 bridgehead atoms. The number of carbonyl (C=O) groups excluding carboxylic acids is 1. The number of rotatable bonds is 4. The number of thioether (sulfide) groups is 1. The van der Waals surface area contributed by atoms with E-state index in [-0.39, 0.29) is 24.4 Å². The zero-order valence-corrected chi connectivity index (χ0v) is 16.2. The summed E-state index contributed by atoms with van der Waals surface area (Å²) in [5.41, 5.74) is 3.35. The van der Waals surface area contributed by atoms with E-state index in [1.807, 2.05) is 45.0 Å². The molecule has 0 spiro atoms. The maximum atomic E-state index is 12.6. The Balaban J connectivity index is 0.00000225. The van der Waals surface area contributed by atoms with Gasteiger partial charge in [-0.25, -0.2) is 9.79 Å². The molecule has 0 amide bonds. The molecule has 0 fully saturated rings. The van der Waals surface area contributed by atoms with Crippen LogP contribution in [0.1, 0.15) is 32.4 Å². The monoisotopic (exact) mass is 380 g/mol. The number of fused-ring (bicyclic) bond motifs is 1. The molecule has 2 aliphatic rings. The molecule has 0 radical (unpaired) electrons. The molecule has 0 saturated heterocycles. The van der Waals surface area contributed by atoms with Gasteiger partial charge in [-0.1, -0.05) is 23.9 Å². The number of nitrogens with zero attached hydrogens (tertiary/aromatic N) is 2. The van der Waals surface area contributed by atoms with Crippen molar-refractivity contribution >= 4 is 35.3 Å². The van der Waals surface area contributed by atoms with Gasteiger partial charge in [0.05, 0.1) is 31.0 Å². The first-order valence-corrected chi connectivity index (χ1v) is 8.68. The van der Waals surface area contributed by atoms with Gasteiger partial charge in [0, 0.05) is 5.70 Å². The van der Waals surface area contributed by atoms with Crippen LogP contribution in [0.15, 0.2) is 51.6 Å². The highest BCUT2D eigenvalue weighted by atomic mass is 35.5. The molecule has 0 aliphatic carbocycles. The zero-order chi connectivity index (χ0) is 17.3. The predicted molar refractivity (Wildman–Crippen MR) is 103 cm³/mol. The van der Waals surface area contributed by atoms with Gasteiger partial charge < -0.3 is 14.4 Å². The van der Waals surface area contributed by atoms with Gasteiger partial charge in [-0.15, -0.1) is 12.4 Å². The molecule has 1 unspecified atom stereocenters. The van der Waals surface area contributed by atoms with Gasteiger partial charge in [-0.05, 0) is 43.9 Å². The molecule has 5 nitrogen and oxygen atoms in total. The molecule has 2 aliphatic heterocycles. The second-order valence-corrected chi connectivity index (χ2v) is 6.37. The Labute approximate surface area is 158 Å². The van der Waals surface area contributed by atoms with Crippen molar-refractivity contribution in [3.63, 3.8) is 0 Å². The first-order chi connectivity index (χ1) is 11.6. The lowest BCUT2D eigenvalue weighted by molar-refractivity contribution is -0.139. The largest absolute Gasteiger partial charge is 0.497 e. The van der Waals surface area contributed by atoms with Crippen LogP contribution >= 0.6 is 24.2 Å². The van der Waals surface area contributed by atoms with E-state index in [1.165, 1.54) is 0 Å². The van der Waals surface area contributed by atoms with E-state index in [0.717, 1.165) is 22.2 Å². The standard InChI is InChI=1S/C18H20N2O3S.ClH/c1-5-23-17(21)15-12(3)19-18-20(11(2)10-24-18)16(15)13-6-8-14(22-4)9-7-13;/h6-10,16H,5H2,1-4H3;1H. The van der Waals surface area contributed by atoms with Gasteiger partial charge in [-0.3, -0.25) is 0 Å². The lowest BCUT2D eigenvalue weighted by Crippen LogP contribution is -2.36. The Kier molecular flexibility index (Phi) is 6.19. The third-order valence-electron chi connectivity index (χ3n) is 4.03. The predicted octanol–water partition coefficient (Wildman–Crippen LogP) is 4.27. The number of methoxy groups -OCH3 is 1.